The van der Waals surface area contributed by atoms with Crippen LogP contribution < -0.4 is 15.8 Å². The van der Waals surface area contributed by atoms with Gasteiger partial charge in [0.05, 0.1) is 18.8 Å². The lowest BCUT2D eigenvalue weighted by atomic mass is 10.1. The number of aromatic nitrogens is 1. The SMILES string of the molecule is COc1ccc(C)cc1NC(=O)C1CCCN1Cc1cnc(N)s1.Cl. The number of nitrogens with two attached hydrogens (primary N) is 1. The molecule has 136 valence electrons. The lowest BCUT2D eigenvalue weighted by molar-refractivity contribution is -0.120. The molecule has 1 unspecified atom stereocenters. The summed E-state index contributed by atoms with van der Waals surface area (Å²) in [6, 6.07) is 5.63. The summed E-state index contributed by atoms with van der Waals surface area (Å²) in [4.78, 5) is 20.1. The average molecular weight is 383 g/mol. The second-order valence-corrected chi connectivity index (χ2v) is 7.13. The second kappa shape index (κ2) is 8.51. The van der Waals surface area contributed by atoms with E-state index >= 15 is 0 Å². The van der Waals surface area contributed by atoms with E-state index in [1.54, 1.807) is 13.3 Å². The zero-order valence-corrected chi connectivity index (χ0v) is 16.0. The van der Waals surface area contributed by atoms with E-state index in [4.69, 9.17) is 10.5 Å². The third-order valence-electron chi connectivity index (χ3n) is 4.21. The van der Waals surface area contributed by atoms with Gasteiger partial charge in [0.15, 0.2) is 5.13 Å². The first-order valence-corrected chi connectivity index (χ1v) is 8.78. The second-order valence-electron chi connectivity index (χ2n) is 5.99. The summed E-state index contributed by atoms with van der Waals surface area (Å²) in [5.41, 5.74) is 7.49. The number of halogens is 1. The van der Waals surface area contributed by atoms with Crippen molar-refractivity contribution in [3.05, 3.63) is 34.8 Å². The monoisotopic (exact) mass is 382 g/mol. The highest BCUT2D eigenvalue weighted by atomic mass is 35.5. The number of rotatable bonds is 5. The minimum Gasteiger partial charge on any atom is -0.495 e. The maximum Gasteiger partial charge on any atom is 0.241 e. The van der Waals surface area contributed by atoms with Crippen LogP contribution in [-0.2, 0) is 11.3 Å². The van der Waals surface area contributed by atoms with Crippen molar-refractivity contribution in [2.45, 2.75) is 32.4 Å². The van der Waals surface area contributed by atoms with Crippen molar-refractivity contribution in [1.82, 2.24) is 9.88 Å². The van der Waals surface area contributed by atoms with Crippen molar-refractivity contribution in [2.24, 2.45) is 0 Å². The smallest absolute Gasteiger partial charge is 0.241 e. The quantitative estimate of drug-likeness (QED) is 0.830. The van der Waals surface area contributed by atoms with Crippen LogP contribution in [0.1, 0.15) is 23.3 Å². The number of hydrogen-bond donors (Lipinski definition) is 2. The molecule has 0 saturated carbocycles. The molecule has 1 aromatic heterocycles. The van der Waals surface area contributed by atoms with Crippen LogP contribution in [0.3, 0.4) is 0 Å². The summed E-state index contributed by atoms with van der Waals surface area (Å²) < 4.78 is 5.34. The Morgan fingerprint density at radius 3 is 3.00 bits per heavy atom. The van der Waals surface area contributed by atoms with Crippen LogP contribution in [0.15, 0.2) is 24.4 Å². The summed E-state index contributed by atoms with van der Waals surface area (Å²) in [5, 5.41) is 3.59. The Hall–Kier alpha value is -1.83. The minimum atomic E-state index is -0.140. The Bertz CT molecular complexity index is 737. The number of thiazole rings is 1. The number of carbonyl (C=O) groups excluding carboxylic acids is 1. The van der Waals surface area contributed by atoms with Gasteiger partial charge in [0.25, 0.3) is 0 Å². The lowest BCUT2D eigenvalue weighted by Gasteiger charge is -2.23. The Morgan fingerprint density at radius 1 is 1.52 bits per heavy atom. The molecule has 0 spiro atoms. The van der Waals surface area contributed by atoms with Crippen molar-refractivity contribution in [2.75, 3.05) is 24.7 Å². The van der Waals surface area contributed by atoms with Gasteiger partial charge in [-0.3, -0.25) is 9.69 Å². The topological polar surface area (TPSA) is 80.5 Å². The van der Waals surface area contributed by atoms with Gasteiger partial charge in [0.1, 0.15) is 5.75 Å². The highest BCUT2D eigenvalue weighted by Crippen LogP contribution is 2.28. The van der Waals surface area contributed by atoms with Gasteiger partial charge in [-0.2, -0.15) is 0 Å². The Morgan fingerprint density at radius 2 is 2.32 bits per heavy atom. The van der Waals surface area contributed by atoms with Crippen molar-refractivity contribution >= 4 is 40.5 Å². The van der Waals surface area contributed by atoms with Crippen LogP contribution in [0.2, 0.25) is 0 Å². The number of methoxy groups -OCH3 is 1. The average Bonchev–Trinajstić information content (AvgIpc) is 3.17. The number of nitrogens with one attached hydrogen (secondary N) is 1. The number of nitrogen functional groups attached to an aromatic ring is 1. The number of amides is 1. The minimum absolute atomic E-state index is 0. The van der Waals surface area contributed by atoms with E-state index in [9.17, 15) is 4.79 Å². The van der Waals surface area contributed by atoms with Crippen LogP contribution in [0.4, 0.5) is 10.8 Å². The number of ether oxygens (including phenoxy) is 1. The van der Waals surface area contributed by atoms with E-state index in [-0.39, 0.29) is 24.4 Å². The molecule has 1 saturated heterocycles. The van der Waals surface area contributed by atoms with Crippen molar-refractivity contribution in [3.63, 3.8) is 0 Å². The molecule has 25 heavy (non-hydrogen) atoms. The molecule has 3 rings (SSSR count). The maximum atomic E-state index is 12.8. The van der Waals surface area contributed by atoms with Crippen molar-refractivity contribution in [1.29, 1.82) is 0 Å². The van der Waals surface area contributed by atoms with Crippen molar-refractivity contribution < 1.29 is 9.53 Å². The number of hydrogen-bond acceptors (Lipinski definition) is 6. The Labute approximate surface area is 157 Å². The van der Waals surface area contributed by atoms with E-state index in [2.05, 4.69) is 15.2 Å². The van der Waals surface area contributed by atoms with Crippen LogP contribution in [0, 0.1) is 6.92 Å². The third kappa shape index (κ3) is 4.62. The molecule has 1 aliphatic heterocycles. The van der Waals surface area contributed by atoms with E-state index in [1.165, 1.54) is 11.3 Å². The molecule has 3 N–H and O–H groups in total. The fraction of sp³-hybridized carbons (Fsp3) is 0.412. The number of anilines is 2. The number of aryl methyl sites for hydroxylation is 1. The molecule has 6 nitrogen and oxygen atoms in total. The van der Waals surface area contributed by atoms with E-state index in [0.717, 1.165) is 35.5 Å². The van der Waals surface area contributed by atoms with Crippen LogP contribution in [-0.4, -0.2) is 35.5 Å². The molecule has 2 aromatic rings. The van der Waals surface area contributed by atoms with Gasteiger partial charge >= 0.3 is 0 Å². The number of carbonyl (C=O) groups is 1. The molecule has 0 radical (unpaired) electrons. The van der Waals surface area contributed by atoms with Gasteiger partial charge in [0.2, 0.25) is 5.91 Å². The van der Waals surface area contributed by atoms with E-state index in [1.807, 2.05) is 25.1 Å². The highest BCUT2D eigenvalue weighted by Gasteiger charge is 2.31. The van der Waals surface area contributed by atoms with Gasteiger partial charge in [0, 0.05) is 17.6 Å². The van der Waals surface area contributed by atoms with E-state index in [0.29, 0.717) is 17.4 Å². The molecule has 8 heteroatoms. The zero-order chi connectivity index (χ0) is 17.1. The predicted octanol–water partition coefficient (Wildman–Crippen LogP) is 3.07. The van der Waals surface area contributed by atoms with Crippen molar-refractivity contribution in [3.8, 4) is 5.75 Å². The van der Waals surface area contributed by atoms with Gasteiger partial charge in [-0.1, -0.05) is 6.07 Å². The van der Waals surface area contributed by atoms with Crippen LogP contribution in [0.5, 0.6) is 5.75 Å². The summed E-state index contributed by atoms with van der Waals surface area (Å²) in [6.45, 7) is 3.60. The summed E-state index contributed by atoms with van der Waals surface area (Å²) in [6.07, 6.45) is 3.66. The predicted molar refractivity (Wildman–Crippen MR) is 104 cm³/mol. The number of likely N-dealkylation sites (tertiary alicyclic amines) is 1. The summed E-state index contributed by atoms with van der Waals surface area (Å²) >= 11 is 1.47. The van der Waals surface area contributed by atoms with Gasteiger partial charge in [-0.05, 0) is 44.0 Å². The molecule has 1 aromatic carbocycles. The Kier molecular flexibility index (Phi) is 6.64. The fourth-order valence-electron chi connectivity index (χ4n) is 3.04. The van der Waals surface area contributed by atoms with E-state index < -0.39 is 0 Å². The van der Waals surface area contributed by atoms with Gasteiger partial charge < -0.3 is 15.8 Å². The molecule has 1 aliphatic rings. The molecular weight excluding hydrogens is 360 g/mol. The first kappa shape index (κ1) is 19.5. The van der Waals surface area contributed by atoms with Gasteiger partial charge in [-0.15, -0.1) is 23.7 Å². The largest absolute Gasteiger partial charge is 0.495 e. The molecule has 1 amide bonds. The fourth-order valence-corrected chi connectivity index (χ4v) is 3.75. The summed E-state index contributed by atoms with van der Waals surface area (Å²) in [5.74, 6) is 0.683. The third-order valence-corrected chi connectivity index (χ3v) is 5.02. The van der Waals surface area contributed by atoms with Crippen LogP contribution >= 0.6 is 23.7 Å². The standard InChI is InChI=1S/C17H22N4O2S.ClH/c1-11-5-6-15(23-2)13(8-11)20-16(22)14-4-3-7-21(14)10-12-9-19-17(18)24-12;/h5-6,8-9,14H,3-4,7,10H2,1-2H3,(H2,18,19)(H,20,22);1H. The number of benzene rings is 1. The molecule has 1 atom stereocenters. The maximum absolute atomic E-state index is 12.8. The van der Waals surface area contributed by atoms with Crippen LogP contribution in [0.25, 0.3) is 0 Å². The highest BCUT2D eigenvalue weighted by molar-refractivity contribution is 7.15. The molecular formula is C17H23ClN4O2S. The van der Waals surface area contributed by atoms with Gasteiger partial charge in [-0.25, -0.2) is 4.98 Å². The first-order chi connectivity index (χ1) is 11.6. The lowest BCUT2D eigenvalue weighted by Crippen LogP contribution is -2.39. The summed E-state index contributed by atoms with van der Waals surface area (Å²) in [7, 11) is 1.61. The normalized spacial score (nSPS) is 17.1. The Balaban J connectivity index is 0.00000225. The molecule has 2 heterocycles. The molecule has 0 bridgehead atoms. The first-order valence-electron chi connectivity index (χ1n) is 7.96. The molecule has 0 aliphatic carbocycles. The zero-order valence-electron chi connectivity index (χ0n) is 14.3. The molecule has 1 fully saturated rings. The number of nitrogens with zero attached hydrogens (tertiary/aromatic N) is 2.